The average Bonchev–Trinajstić information content (AvgIpc) is 3.15. The number of anilines is 1. The molecule has 1 aromatic carbocycles. The van der Waals surface area contributed by atoms with E-state index in [4.69, 9.17) is 19.7 Å². The number of nitrogen functional groups attached to an aromatic ring is 1. The first kappa shape index (κ1) is 23.1. The summed E-state index contributed by atoms with van der Waals surface area (Å²) in [7, 11) is -4.05. The number of fused-ring (bicyclic) bond motifs is 1. The van der Waals surface area contributed by atoms with E-state index in [1.165, 1.54) is 6.33 Å². The zero-order valence-electron chi connectivity index (χ0n) is 16.6. The fourth-order valence-corrected chi connectivity index (χ4v) is 3.49. The Morgan fingerprint density at radius 2 is 2.06 bits per heavy atom. The van der Waals surface area contributed by atoms with Crippen LogP contribution in [0.4, 0.5) is 5.95 Å². The van der Waals surface area contributed by atoms with Crippen LogP contribution in [0, 0.1) is 0 Å². The van der Waals surface area contributed by atoms with Gasteiger partial charge in [0.1, 0.15) is 12.5 Å². The quantitative estimate of drug-likeness (QED) is 0.223. The van der Waals surface area contributed by atoms with Gasteiger partial charge in [0.15, 0.2) is 11.2 Å². The monoisotopic (exact) mass is 453 g/mol. The van der Waals surface area contributed by atoms with Crippen LogP contribution in [0.25, 0.3) is 11.2 Å². The van der Waals surface area contributed by atoms with Gasteiger partial charge >= 0.3 is 7.60 Å². The maximum atomic E-state index is 12.1. The number of nitrogens with zero attached hydrogens (tertiary/aromatic N) is 3. The van der Waals surface area contributed by atoms with Gasteiger partial charge in [0, 0.05) is 6.54 Å². The van der Waals surface area contributed by atoms with Crippen LogP contribution in [0.2, 0.25) is 0 Å². The van der Waals surface area contributed by atoms with E-state index in [1.54, 1.807) is 4.57 Å². The van der Waals surface area contributed by atoms with E-state index in [9.17, 15) is 19.4 Å². The zero-order chi connectivity index (χ0) is 22.3. The molecule has 0 saturated carbocycles. The molecule has 31 heavy (non-hydrogen) atoms. The number of hydrogen-bond acceptors (Lipinski definition) is 9. The van der Waals surface area contributed by atoms with Gasteiger partial charge in [0.2, 0.25) is 5.95 Å². The van der Waals surface area contributed by atoms with Gasteiger partial charge in [0.05, 0.1) is 32.8 Å². The van der Waals surface area contributed by atoms with Crippen molar-refractivity contribution in [3.8, 4) is 0 Å². The number of nitrogens with two attached hydrogens (primary N) is 1. The van der Waals surface area contributed by atoms with Crippen molar-refractivity contribution in [1.29, 1.82) is 0 Å². The number of aliphatic hydroxyl groups is 1. The maximum absolute atomic E-state index is 12.1. The lowest BCUT2D eigenvalue weighted by Crippen LogP contribution is -2.23. The summed E-state index contributed by atoms with van der Waals surface area (Å²) in [4.78, 5) is 32.0. The molecule has 13 heteroatoms. The predicted molar refractivity (Wildman–Crippen MR) is 111 cm³/mol. The first-order chi connectivity index (χ1) is 14.9. The number of H-pyrrole nitrogens is 1. The third kappa shape index (κ3) is 6.69. The number of nitrogens with one attached hydrogen (secondary N) is 1. The Hall–Kier alpha value is -2.60. The lowest BCUT2D eigenvalue weighted by Gasteiger charge is -2.18. The Morgan fingerprint density at radius 1 is 1.29 bits per heavy atom. The number of ether oxygens (including phenoxy) is 2. The third-order valence-electron chi connectivity index (χ3n) is 4.22. The number of hydrogen-bond donors (Lipinski definition) is 4. The number of aliphatic hydroxyl groups excluding tert-OH is 1. The molecular formula is C18H24N5O7P. The highest BCUT2D eigenvalue weighted by atomic mass is 31.2. The number of aromatic nitrogens is 4. The Bertz CT molecular complexity index is 1090. The normalized spacial score (nSPS) is 14.5. The largest absolute Gasteiger partial charge is 0.394 e. The van der Waals surface area contributed by atoms with Crippen molar-refractivity contribution in [3.05, 3.63) is 52.6 Å². The molecule has 0 aliphatic carbocycles. The number of benzene rings is 1. The van der Waals surface area contributed by atoms with E-state index < -0.39 is 25.6 Å². The smallest absolute Gasteiger partial charge is 0.353 e. The Balaban J connectivity index is 1.42. The first-order valence-electron chi connectivity index (χ1n) is 9.39. The van der Waals surface area contributed by atoms with Crippen molar-refractivity contribution in [2.24, 2.45) is 0 Å². The summed E-state index contributed by atoms with van der Waals surface area (Å²) in [5, 5.41) is 9.39. The van der Waals surface area contributed by atoms with Gasteiger partial charge in [-0.25, -0.2) is 4.98 Å². The van der Waals surface area contributed by atoms with Crippen LogP contribution >= 0.6 is 7.60 Å². The lowest BCUT2D eigenvalue weighted by molar-refractivity contribution is -0.0259. The highest BCUT2D eigenvalue weighted by Crippen LogP contribution is 2.41. The third-order valence-corrected chi connectivity index (χ3v) is 5.28. The van der Waals surface area contributed by atoms with Gasteiger partial charge in [0.25, 0.3) is 5.56 Å². The molecule has 0 aliphatic heterocycles. The summed E-state index contributed by atoms with van der Waals surface area (Å²) in [5.74, 6) is -0.0404. The second-order valence-corrected chi connectivity index (χ2v) is 8.42. The van der Waals surface area contributed by atoms with Crippen molar-refractivity contribution in [1.82, 2.24) is 19.5 Å². The molecule has 12 nitrogen and oxygen atoms in total. The van der Waals surface area contributed by atoms with Crippen molar-refractivity contribution in [2.75, 3.05) is 31.9 Å². The highest BCUT2D eigenvalue weighted by Gasteiger charge is 2.22. The molecule has 0 aliphatic rings. The van der Waals surface area contributed by atoms with Crippen LogP contribution in [-0.2, 0) is 31.7 Å². The van der Waals surface area contributed by atoms with Crippen LogP contribution in [0.1, 0.15) is 5.56 Å². The van der Waals surface area contributed by atoms with Crippen LogP contribution in [0.3, 0.4) is 0 Å². The Morgan fingerprint density at radius 3 is 2.81 bits per heavy atom. The molecule has 5 N–H and O–H groups in total. The second-order valence-electron chi connectivity index (χ2n) is 6.63. The van der Waals surface area contributed by atoms with Gasteiger partial charge < -0.3 is 34.3 Å². The summed E-state index contributed by atoms with van der Waals surface area (Å²) in [6.07, 6.45) is 0.0976. The second kappa shape index (κ2) is 10.6. The van der Waals surface area contributed by atoms with Gasteiger partial charge in [-0.15, -0.1) is 0 Å². The minimum atomic E-state index is -4.05. The molecule has 2 unspecified atom stereocenters. The minimum absolute atomic E-state index is 0.0404. The van der Waals surface area contributed by atoms with Crippen LogP contribution in [-0.4, -0.2) is 61.8 Å². The topological polar surface area (TPSA) is 175 Å². The molecule has 0 amide bonds. The van der Waals surface area contributed by atoms with E-state index in [0.29, 0.717) is 0 Å². The maximum Gasteiger partial charge on any atom is 0.353 e. The molecule has 168 valence electrons. The molecule has 0 spiro atoms. The summed E-state index contributed by atoms with van der Waals surface area (Å²) in [6.45, 7) is -0.120. The number of aromatic amines is 1. The van der Waals surface area contributed by atoms with E-state index in [0.717, 1.165) is 5.56 Å². The summed E-state index contributed by atoms with van der Waals surface area (Å²) in [6, 6.07) is 9.32. The molecule has 3 aromatic rings. The Labute approximate surface area is 177 Å². The van der Waals surface area contributed by atoms with Crippen LogP contribution < -0.4 is 11.3 Å². The fourth-order valence-electron chi connectivity index (χ4n) is 2.66. The SMILES string of the molecule is Nc1nc2c(ncn2CCOCP(=O)(O)OCC(CO)OCc2ccccc2)c(=O)[nH]1. The average molecular weight is 453 g/mol. The van der Waals surface area contributed by atoms with E-state index in [1.807, 2.05) is 30.3 Å². The van der Waals surface area contributed by atoms with Gasteiger partial charge in [-0.3, -0.25) is 14.3 Å². The van der Waals surface area contributed by atoms with Crippen molar-refractivity contribution in [3.63, 3.8) is 0 Å². The lowest BCUT2D eigenvalue weighted by atomic mass is 10.2. The van der Waals surface area contributed by atoms with Crippen molar-refractivity contribution < 1.29 is 28.6 Å². The van der Waals surface area contributed by atoms with Gasteiger partial charge in [-0.1, -0.05) is 30.3 Å². The molecule has 0 bridgehead atoms. The van der Waals surface area contributed by atoms with E-state index in [2.05, 4.69) is 15.0 Å². The van der Waals surface area contributed by atoms with Crippen molar-refractivity contribution >= 4 is 24.7 Å². The van der Waals surface area contributed by atoms with Crippen LogP contribution in [0.5, 0.6) is 0 Å². The van der Waals surface area contributed by atoms with Gasteiger partial charge in [-0.2, -0.15) is 4.98 Å². The Kier molecular flexibility index (Phi) is 7.91. The highest BCUT2D eigenvalue weighted by molar-refractivity contribution is 7.52. The van der Waals surface area contributed by atoms with Crippen LogP contribution in [0.15, 0.2) is 41.5 Å². The molecule has 3 rings (SSSR count). The molecule has 0 radical (unpaired) electrons. The standard InChI is InChI=1S/C18H24N5O7P/c19-18-21-16-15(17(25)22-18)20-11-23(16)6-7-28-12-31(26,27)30-10-14(8-24)29-9-13-4-2-1-3-5-13/h1-5,11,14,24H,6-10,12H2,(H,26,27)(H3,19,21,22,25). The molecule has 2 atom stereocenters. The first-order valence-corrected chi connectivity index (χ1v) is 11.2. The predicted octanol–water partition coefficient (Wildman–Crippen LogP) is 0.456. The summed E-state index contributed by atoms with van der Waals surface area (Å²) >= 11 is 0. The number of rotatable bonds is 12. The molecule has 2 heterocycles. The molecule has 0 saturated heterocycles. The molecule has 0 fully saturated rings. The van der Waals surface area contributed by atoms with Crippen molar-refractivity contribution in [2.45, 2.75) is 19.3 Å². The van der Waals surface area contributed by atoms with E-state index >= 15 is 0 Å². The fraction of sp³-hybridized carbons (Fsp3) is 0.389. The van der Waals surface area contributed by atoms with Gasteiger partial charge in [-0.05, 0) is 5.56 Å². The van der Waals surface area contributed by atoms with E-state index in [-0.39, 0.29) is 50.1 Å². The summed E-state index contributed by atoms with van der Waals surface area (Å²) in [5.41, 5.74) is 6.41. The molecular weight excluding hydrogens is 429 g/mol. The minimum Gasteiger partial charge on any atom is -0.394 e. The zero-order valence-corrected chi connectivity index (χ0v) is 17.5. The summed E-state index contributed by atoms with van der Waals surface area (Å²) < 4.78 is 29.5. The number of imidazole rings is 1. The molecule has 2 aromatic heterocycles.